The van der Waals surface area contributed by atoms with E-state index in [1.165, 1.54) is 142 Å². The van der Waals surface area contributed by atoms with E-state index in [0.717, 1.165) is 0 Å². The van der Waals surface area contributed by atoms with Crippen molar-refractivity contribution in [3.8, 4) is 0 Å². The fourth-order valence-electron chi connectivity index (χ4n) is 11.5. The summed E-state index contributed by atoms with van der Waals surface area (Å²) in [5, 5.41) is 17.8. The number of allylic oxidation sites excluding steroid dienone is 5. The first-order valence-corrected chi connectivity index (χ1v) is 22.3. The van der Waals surface area contributed by atoms with E-state index in [2.05, 4.69) is 231 Å². The van der Waals surface area contributed by atoms with Gasteiger partial charge in [-0.1, -0.05) is 218 Å². The number of fused-ring (bicyclic) bond motifs is 15. The highest BCUT2D eigenvalue weighted by Crippen LogP contribution is 2.63. The lowest BCUT2D eigenvalue weighted by atomic mass is 9.82. The summed E-state index contributed by atoms with van der Waals surface area (Å²) in [5.74, 6) is 0. The van der Waals surface area contributed by atoms with Gasteiger partial charge in [0.1, 0.15) is 0 Å². The highest BCUT2D eigenvalue weighted by molar-refractivity contribution is 6.42. The quantitative estimate of drug-likeness (QED) is 0.155. The van der Waals surface area contributed by atoms with Crippen LogP contribution in [0.5, 0.6) is 0 Å². The zero-order valence-corrected chi connectivity index (χ0v) is 34.9. The van der Waals surface area contributed by atoms with E-state index in [-0.39, 0.29) is 0 Å². The van der Waals surface area contributed by atoms with Gasteiger partial charge in [0.2, 0.25) is 0 Å². The van der Waals surface area contributed by atoms with Crippen LogP contribution in [-0.4, -0.2) is 0 Å². The van der Waals surface area contributed by atoms with Gasteiger partial charge < -0.3 is 0 Å². The third kappa shape index (κ3) is 4.94. The van der Waals surface area contributed by atoms with Gasteiger partial charge in [-0.05, 0) is 154 Å². The lowest BCUT2D eigenvalue weighted by Crippen LogP contribution is -1.97. The molecule has 2 aliphatic rings. The van der Waals surface area contributed by atoms with E-state index in [9.17, 15) is 0 Å². The van der Waals surface area contributed by atoms with Crippen molar-refractivity contribution in [3.63, 3.8) is 0 Å². The molecule has 0 nitrogen and oxygen atoms in total. The first-order chi connectivity index (χ1) is 31.8. The van der Waals surface area contributed by atoms with E-state index in [0.29, 0.717) is 0 Å². The Morgan fingerprint density at radius 2 is 0.500 bits per heavy atom. The van der Waals surface area contributed by atoms with Gasteiger partial charge in [0, 0.05) is 0 Å². The topological polar surface area (TPSA) is 0 Å². The van der Waals surface area contributed by atoms with E-state index < -0.39 is 0 Å². The SMILES string of the molecule is c1ccc(C2=C3C(=C(c4ccccc4)c4cc5c6ccccc6c6ccccc6c5cc43)C(c3cccc4c3ccc3ccccc34)=C2c2cccc3c2ccc2ccccc23)cc1. The summed E-state index contributed by atoms with van der Waals surface area (Å²) in [7, 11) is 0. The van der Waals surface area contributed by atoms with Crippen molar-refractivity contribution in [1.29, 1.82) is 0 Å². The maximum atomic E-state index is 2.54. The van der Waals surface area contributed by atoms with Crippen molar-refractivity contribution in [3.05, 3.63) is 269 Å². The molecule has 0 aromatic heterocycles. The second-order valence-corrected chi connectivity index (χ2v) is 17.4. The van der Waals surface area contributed by atoms with Crippen LogP contribution in [0.15, 0.2) is 236 Å². The Morgan fingerprint density at radius 3 is 1.00 bits per heavy atom. The van der Waals surface area contributed by atoms with Gasteiger partial charge in [0.15, 0.2) is 0 Å². The smallest absolute Gasteiger partial charge is 0.000115 e. The molecule has 0 unspecified atom stereocenters. The Bertz CT molecular complexity index is 4090. The fraction of sp³-hybridized carbons (Fsp3) is 0. The minimum Gasteiger partial charge on any atom is -0.0622 e. The van der Waals surface area contributed by atoms with Crippen molar-refractivity contribution in [1.82, 2.24) is 0 Å². The van der Waals surface area contributed by atoms with Crippen LogP contribution < -0.4 is 0 Å². The molecule has 0 saturated carbocycles. The van der Waals surface area contributed by atoms with Gasteiger partial charge in [-0.15, -0.1) is 0 Å². The van der Waals surface area contributed by atoms with Crippen molar-refractivity contribution >= 4 is 103 Å². The summed E-state index contributed by atoms with van der Waals surface area (Å²) in [6, 6.07) is 86.3. The van der Waals surface area contributed by atoms with Gasteiger partial charge in [-0.2, -0.15) is 0 Å². The molecule has 294 valence electrons. The van der Waals surface area contributed by atoms with Gasteiger partial charge in [0.25, 0.3) is 0 Å². The van der Waals surface area contributed by atoms with Crippen LogP contribution in [0.25, 0.3) is 103 Å². The molecule has 0 saturated heterocycles. The van der Waals surface area contributed by atoms with Crippen LogP contribution in [0, 0.1) is 0 Å². The summed E-state index contributed by atoms with van der Waals surface area (Å²) < 4.78 is 0. The van der Waals surface area contributed by atoms with Gasteiger partial charge >= 0.3 is 0 Å². The molecular weight excluding hydrogens is 769 g/mol. The van der Waals surface area contributed by atoms with Crippen LogP contribution in [0.2, 0.25) is 0 Å². The van der Waals surface area contributed by atoms with Gasteiger partial charge in [0.05, 0.1) is 0 Å². The Hall–Kier alpha value is -8.32. The maximum absolute atomic E-state index is 2.54. The molecule has 0 fully saturated rings. The molecule has 12 aromatic rings. The van der Waals surface area contributed by atoms with Crippen LogP contribution in [0.3, 0.4) is 0 Å². The molecule has 0 aliphatic heterocycles. The summed E-state index contributed by atoms with van der Waals surface area (Å²) >= 11 is 0. The highest BCUT2D eigenvalue weighted by Gasteiger charge is 2.41. The van der Waals surface area contributed by atoms with Crippen molar-refractivity contribution < 1.29 is 0 Å². The summed E-state index contributed by atoms with van der Waals surface area (Å²) in [6.45, 7) is 0. The molecule has 0 spiro atoms. The molecule has 0 bridgehead atoms. The molecule has 2 aliphatic carbocycles. The third-order valence-electron chi connectivity index (χ3n) is 14.2. The van der Waals surface area contributed by atoms with Crippen LogP contribution in [-0.2, 0) is 0 Å². The minimum atomic E-state index is 1.22. The van der Waals surface area contributed by atoms with Gasteiger partial charge in [-0.3, -0.25) is 0 Å². The normalized spacial score (nSPS) is 13.8. The average Bonchev–Trinajstić information content (AvgIpc) is 3.88. The zero-order valence-electron chi connectivity index (χ0n) is 34.9. The largest absolute Gasteiger partial charge is 0.0622 e. The highest BCUT2D eigenvalue weighted by atomic mass is 14.4. The average molecular weight is 807 g/mol. The second kappa shape index (κ2) is 13.6. The Labute approximate surface area is 371 Å². The van der Waals surface area contributed by atoms with Crippen LogP contribution in [0.4, 0.5) is 0 Å². The maximum Gasteiger partial charge on any atom is -0.000115 e. The predicted molar refractivity (Wildman–Crippen MR) is 274 cm³/mol. The lowest BCUT2D eigenvalue weighted by molar-refractivity contribution is 1.57. The molecular formula is C64H38. The minimum absolute atomic E-state index is 1.22. The molecule has 0 radical (unpaired) electrons. The van der Waals surface area contributed by atoms with Crippen LogP contribution >= 0.6 is 0 Å². The molecule has 64 heavy (non-hydrogen) atoms. The Morgan fingerprint density at radius 1 is 0.156 bits per heavy atom. The zero-order chi connectivity index (χ0) is 41.9. The van der Waals surface area contributed by atoms with Crippen molar-refractivity contribution in [2.24, 2.45) is 0 Å². The number of rotatable bonds is 4. The van der Waals surface area contributed by atoms with Gasteiger partial charge in [-0.25, -0.2) is 0 Å². The lowest BCUT2D eigenvalue weighted by Gasteiger charge is -2.20. The summed E-state index contributed by atoms with van der Waals surface area (Å²) in [5.41, 5.74) is 15.2. The van der Waals surface area contributed by atoms with E-state index in [1.807, 2.05) is 0 Å². The van der Waals surface area contributed by atoms with E-state index in [1.54, 1.807) is 0 Å². The van der Waals surface area contributed by atoms with E-state index >= 15 is 0 Å². The third-order valence-corrected chi connectivity index (χ3v) is 14.2. The van der Waals surface area contributed by atoms with Crippen molar-refractivity contribution in [2.75, 3.05) is 0 Å². The number of hydrogen-bond donors (Lipinski definition) is 0. The first-order valence-electron chi connectivity index (χ1n) is 22.3. The molecule has 0 heterocycles. The second-order valence-electron chi connectivity index (χ2n) is 17.4. The molecule has 0 heteroatoms. The molecule has 14 rings (SSSR count). The first kappa shape index (κ1) is 35.3. The molecule has 0 amide bonds. The van der Waals surface area contributed by atoms with Crippen LogP contribution in [0.1, 0.15) is 33.4 Å². The monoisotopic (exact) mass is 806 g/mol. The van der Waals surface area contributed by atoms with Crippen molar-refractivity contribution in [2.45, 2.75) is 0 Å². The number of benzene rings is 12. The Kier molecular flexibility index (Phi) is 7.49. The fourth-order valence-corrected chi connectivity index (χ4v) is 11.5. The molecule has 0 N–H and O–H groups in total. The number of hydrogen-bond acceptors (Lipinski definition) is 0. The summed E-state index contributed by atoms with van der Waals surface area (Å²) in [4.78, 5) is 0. The predicted octanol–water partition coefficient (Wildman–Crippen LogP) is 17.1. The standard InChI is InChI=1S/C64H38/c1-3-19-41(20-4-1)59-57-37-55-49-27-13-11-25-47(49)48-26-12-14-28-50(48)56(55)38-58(57)63-60(42-21-5-2-6-22-42)61(53-31-15-29-45-43-23-9-7-17-39(43)33-35-51(45)53)62(64(59)63)54-32-16-30-46-44-24-10-8-18-40(44)34-36-52(46)54/h1-38H. The molecule has 12 aromatic carbocycles. The Balaban J connectivity index is 1.22. The molecule has 0 atom stereocenters. The van der Waals surface area contributed by atoms with E-state index in [4.69, 9.17) is 0 Å². The summed E-state index contributed by atoms with van der Waals surface area (Å²) in [6.07, 6.45) is 0.